The molecule has 0 aliphatic carbocycles. The van der Waals surface area contributed by atoms with Gasteiger partial charge in [0.1, 0.15) is 11.8 Å². The molecular weight excluding hydrogens is 342 g/mol. The maximum absolute atomic E-state index is 12.1. The summed E-state index contributed by atoms with van der Waals surface area (Å²) in [5, 5.41) is 14.3. The molecule has 7 nitrogen and oxygen atoms in total. The van der Waals surface area contributed by atoms with Gasteiger partial charge in [-0.25, -0.2) is 14.8 Å². The number of hydrogen-bond acceptors (Lipinski definition) is 5. The lowest BCUT2D eigenvalue weighted by molar-refractivity contribution is 0.261. The molecular formula is C17H14ClN5O2. The van der Waals surface area contributed by atoms with E-state index in [1.54, 1.807) is 25.1 Å². The van der Waals surface area contributed by atoms with Gasteiger partial charge in [-0.05, 0) is 25.1 Å². The first-order chi connectivity index (χ1) is 12.1. The molecule has 0 spiro atoms. The number of nitrogens with one attached hydrogen (secondary N) is 2. The average Bonchev–Trinajstić information content (AvgIpc) is 2.61. The van der Waals surface area contributed by atoms with Crippen LogP contribution in [0, 0.1) is 23.2 Å². The van der Waals surface area contributed by atoms with Gasteiger partial charge in [0.25, 0.3) is 0 Å². The third kappa shape index (κ3) is 5.69. The van der Waals surface area contributed by atoms with Crippen molar-refractivity contribution in [3.63, 3.8) is 0 Å². The predicted molar refractivity (Wildman–Crippen MR) is 94.4 cm³/mol. The summed E-state index contributed by atoms with van der Waals surface area (Å²) in [6, 6.07) is 6.21. The summed E-state index contributed by atoms with van der Waals surface area (Å²) in [4.78, 5) is 19.8. The first-order valence-corrected chi connectivity index (χ1v) is 7.62. The van der Waals surface area contributed by atoms with Gasteiger partial charge in [-0.15, -0.1) is 11.8 Å². The number of urea groups is 1. The van der Waals surface area contributed by atoms with E-state index in [0.29, 0.717) is 29.5 Å². The highest BCUT2D eigenvalue weighted by atomic mass is 35.5. The molecule has 0 radical (unpaired) electrons. The number of ether oxygens (including phenoxy) is 1. The summed E-state index contributed by atoms with van der Waals surface area (Å²) in [5.41, 5.74) is 0.572. The molecule has 0 atom stereocenters. The Bertz CT molecular complexity index is 850. The van der Waals surface area contributed by atoms with Crippen LogP contribution in [-0.4, -0.2) is 22.6 Å². The van der Waals surface area contributed by atoms with Crippen LogP contribution in [0.4, 0.5) is 16.3 Å². The maximum Gasteiger partial charge on any atom is 0.325 e. The van der Waals surface area contributed by atoms with Crippen LogP contribution in [0.15, 0.2) is 30.6 Å². The minimum atomic E-state index is -0.542. The lowest BCUT2D eigenvalue weighted by atomic mass is 10.3. The molecule has 0 fully saturated rings. The van der Waals surface area contributed by atoms with Crippen LogP contribution >= 0.6 is 11.6 Å². The van der Waals surface area contributed by atoms with E-state index in [4.69, 9.17) is 21.6 Å². The lowest BCUT2D eigenvalue weighted by Crippen LogP contribution is -2.20. The first kappa shape index (κ1) is 18.1. The Morgan fingerprint density at radius 3 is 2.84 bits per heavy atom. The van der Waals surface area contributed by atoms with Crippen molar-refractivity contribution in [3.8, 4) is 23.7 Å². The van der Waals surface area contributed by atoms with Crippen LogP contribution in [0.5, 0.6) is 5.75 Å². The number of rotatable bonds is 5. The van der Waals surface area contributed by atoms with E-state index >= 15 is 0 Å². The standard InChI is InChI=1S/C17H14ClN5O2/c1-2-3-4-7-25-15-6-5-12(18)8-14(15)22-17(24)23-16-11-20-13(9-19)10-21-16/h5-6,8,10-11H,4,7H2,1H3,(H2,21,22,23,24). The largest absolute Gasteiger partial charge is 0.490 e. The molecule has 0 aliphatic rings. The Kier molecular flexibility index (Phi) is 6.58. The summed E-state index contributed by atoms with van der Waals surface area (Å²) in [7, 11) is 0. The zero-order valence-electron chi connectivity index (χ0n) is 13.3. The second kappa shape index (κ2) is 9.11. The topological polar surface area (TPSA) is 99.9 Å². The number of anilines is 2. The van der Waals surface area contributed by atoms with Gasteiger partial charge < -0.3 is 10.1 Å². The second-order valence-corrected chi connectivity index (χ2v) is 5.08. The molecule has 0 unspecified atom stereocenters. The molecule has 25 heavy (non-hydrogen) atoms. The van der Waals surface area contributed by atoms with Gasteiger partial charge in [-0.2, -0.15) is 5.26 Å². The van der Waals surface area contributed by atoms with Gasteiger partial charge in [0.15, 0.2) is 11.5 Å². The number of benzene rings is 1. The molecule has 0 bridgehead atoms. The van der Waals surface area contributed by atoms with Crippen LogP contribution in [-0.2, 0) is 0 Å². The van der Waals surface area contributed by atoms with E-state index in [2.05, 4.69) is 32.4 Å². The Hall–Kier alpha value is -3.29. The zero-order chi connectivity index (χ0) is 18.1. The average molecular weight is 356 g/mol. The number of halogens is 1. The Labute approximate surface area is 150 Å². The van der Waals surface area contributed by atoms with Crippen molar-refractivity contribution in [2.75, 3.05) is 17.2 Å². The fourth-order valence-corrected chi connectivity index (χ4v) is 1.96. The van der Waals surface area contributed by atoms with Crippen LogP contribution in [0.25, 0.3) is 0 Å². The molecule has 2 amide bonds. The fraction of sp³-hybridized carbons (Fsp3) is 0.176. The van der Waals surface area contributed by atoms with Gasteiger partial charge in [0, 0.05) is 11.4 Å². The summed E-state index contributed by atoms with van der Waals surface area (Å²) >= 11 is 5.98. The van der Waals surface area contributed by atoms with Crippen LogP contribution in [0.2, 0.25) is 5.02 Å². The van der Waals surface area contributed by atoms with Gasteiger partial charge in [-0.1, -0.05) is 11.6 Å². The van der Waals surface area contributed by atoms with E-state index in [-0.39, 0.29) is 11.5 Å². The highest BCUT2D eigenvalue weighted by Crippen LogP contribution is 2.28. The molecule has 1 heterocycles. The van der Waals surface area contributed by atoms with Crippen LogP contribution in [0.3, 0.4) is 0 Å². The van der Waals surface area contributed by atoms with Crippen molar-refractivity contribution >= 4 is 29.1 Å². The molecule has 2 N–H and O–H groups in total. The number of nitrogens with zero attached hydrogens (tertiary/aromatic N) is 3. The minimum absolute atomic E-state index is 0.159. The third-order valence-corrected chi connectivity index (χ3v) is 3.09. The molecule has 8 heteroatoms. The second-order valence-electron chi connectivity index (χ2n) is 4.64. The SMILES string of the molecule is CC#CCCOc1ccc(Cl)cc1NC(=O)Nc1cnc(C#N)cn1. The van der Waals surface area contributed by atoms with Gasteiger partial charge in [0.2, 0.25) is 0 Å². The molecule has 1 aromatic heterocycles. The van der Waals surface area contributed by atoms with Crippen molar-refractivity contribution < 1.29 is 9.53 Å². The third-order valence-electron chi connectivity index (χ3n) is 2.86. The van der Waals surface area contributed by atoms with Crippen molar-refractivity contribution in [2.45, 2.75) is 13.3 Å². The van der Waals surface area contributed by atoms with Crippen molar-refractivity contribution in [3.05, 3.63) is 41.3 Å². The minimum Gasteiger partial charge on any atom is -0.490 e. The summed E-state index contributed by atoms with van der Waals surface area (Å²) in [5.74, 6) is 6.36. The molecule has 126 valence electrons. The molecule has 0 saturated carbocycles. The molecule has 0 aliphatic heterocycles. The van der Waals surface area contributed by atoms with E-state index < -0.39 is 6.03 Å². The van der Waals surface area contributed by atoms with Gasteiger partial charge in [-0.3, -0.25) is 5.32 Å². The molecule has 2 aromatic rings. The first-order valence-electron chi connectivity index (χ1n) is 7.24. The van der Waals surface area contributed by atoms with E-state index in [1.165, 1.54) is 12.4 Å². The van der Waals surface area contributed by atoms with Crippen LogP contribution < -0.4 is 15.4 Å². The zero-order valence-corrected chi connectivity index (χ0v) is 14.1. The number of carbonyl (C=O) groups is 1. The number of nitriles is 1. The van der Waals surface area contributed by atoms with Gasteiger partial charge >= 0.3 is 6.03 Å². The van der Waals surface area contributed by atoms with E-state index in [1.807, 2.05) is 6.07 Å². The van der Waals surface area contributed by atoms with Crippen LogP contribution in [0.1, 0.15) is 19.0 Å². The molecule has 0 saturated heterocycles. The monoisotopic (exact) mass is 355 g/mol. The molecule has 2 rings (SSSR count). The number of aromatic nitrogens is 2. The normalized spacial score (nSPS) is 9.32. The Balaban J connectivity index is 2.03. The summed E-state index contributed by atoms with van der Waals surface area (Å²) in [6.07, 6.45) is 3.13. The summed E-state index contributed by atoms with van der Waals surface area (Å²) in [6.45, 7) is 2.14. The van der Waals surface area contributed by atoms with Crippen molar-refractivity contribution in [1.82, 2.24) is 9.97 Å². The van der Waals surface area contributed by atoms with Crippen molar-refractivity contribution in [1.29, 1.82) is 5.26 Å². The van der Waals surface area contributed by atoms with Crippen molar-refractivity contribution in [2.24, 2.45) is 0 Å². The number of hydrogen-bond donors (Lipinski definition) is 2. The summed E-state index contributed by atoms with van der Waals surface area (Å²) < 4.78 is 5.61. The highest BCUT2D eigenvalue weighted by Gasteiger charge is 2.10. The lowest BCUT2D eigenvalue weighted by Gasteiger charge is -2.12. The number of carbonyl (C=O) groups excluding carboxylic acids is 1. The number of amides is 2. The maximum atomic E-state index is 12.1. The van der Waals surface area contributed by atoms with E-state index in [0.717, 1.165) is 0 Å². The Morgan fingerprint density at radius 2 is 2.16 bits per heavy atom. The fourth-order valence-electron chi connectivity index (χ4n) is 1.78. The predicted octanol–water partition coefficient (Wildman–Crippen LogP) is 3.44. The van der Waals surface area contributed by atoms with Gasteiger partial charge in [0.05, 0.1) is 24.7 Å². The Morgan fingerprint density at radius 1 is 1.32 bits per heavy atom. The van der Waals surface area contributed by atoms with E-state index in [9.17, 15) is 4.79 Å². The molecule has 1 aromatic carbocycles. The smallest absolute Gasteiger partial charge is 0.325 e. The highest BCUT2D eigenvalue weighted by molar-refractivity contribution is 6.31. The quantitative estimate of drug-likeness (QED) is 0.632.